The molecule has 0 aliphatic carbocycles. The largest absolute Gasteiger partial charge is 0.497 e. The van der Waals surface area contributed by atoms with Gasteiger partial charge in [-0.3, -0.25) is 4.79 Å². The normalized spacial score (nSPS) is 21.4. The Balaban J connectivity index is 1.48. The number of carbonyl (C=O) groups excluding carboxylic acids is 1. The van der Waals surface area contributed by atoms with Crippen LogP contribution in [0.15, 0.2) is 24.3 Å². The van der Waals surface area contributed by atoms with Gasteiger partial charge in [0.15, 0.2) is 0 Å². The highest BCUT2D eigenvalue weighted by Gasteiger charge is 2.42. The van der Waals surface area contributed by atoms with E-state index in [1.165, 1.54) is 0 Å². The van der Waals surface area contributed by atoms with Crippen LogP contribution >= 0.6 is 0 Å². The number of benzene rings is 1. The third-order valence-corrected chi connectivity index (χ3v) is 7.65. The summed E-state index contributed by atoms with van der Waals surface area (Å²) in [5.74, 6) is 1.92. The van der Waals surface area contributed by atoms with Gasteiger partial charge < -0.3 is 14.6 Å². The van der Waals surface area contributed by atoms with Gasteiger partial charge in [-0.25, -0.2) is 12.7 Å². The van der Waals surface area contributed by atoms with E-state index in [1.807, 2.05) is 11.5 Å². The molecule has 1 fully saturated rings. The molecule has 9 nitrogen and oxygen atoms in total. The molecule has 1 aromatic heterocycles. The van der Waals surface area contributed by atoms with E-state index in [4.69, 9.17) is 4.74 Å². The van der Waals surface area contributed by atoms with Gasteiger partial charge in [-0.2, -0.15) is 0 Å². The maximum atomic E-state index is 12.7. The molecule has 0 radical (unpaired) electrons. The van der Waals surface area contributed by atoms with Gasteiger partial charge in [0.05, 0.1) is 12.9 Å². The summed E-state index contributed by atoms with van der Waals surface area (Å²) in [5, 5.41) is 11.1. The standard InChI is InChI=1S/C19H25N5O4S/c1-3-8-29(26,27)23-10-13-9-17-21-22-18(24(17)12-14(13)11-23)19(25)20-15-4-6-16(28-2)7-5-15/h4-7,13-14H,3,8-12H2,1-2H3,(H,20,25)/t13-,14+/m0/s1. The monoisotopic (exact) mass is 419 g/mol. The molecule has 29 heavy (non-hydrogen) atoms. The van der Waals surface area contributed by atoms with Crippen molar-refractivity contribution in [2.45, 2.75) is 26.3 Å². The molecule has 1 N–H and O–H groups in total. The second kappa shape index (κ2) is 7.75. The fourth-order valence-electron chi connectivity index (χ4n) is 4.12. The number of fused-ring (bicyclic) bond motifs is 2. The van der Waals surface area contributed by atoms with E-state index < -0.39 is 10.0 Å². The van der Waals surface area contributed by atoms with E-state index in [2.05, 4.69) is 15.5 Å². The van der Waals surface area contributed by atoms with Crippen molar-refractivity contribution in [3.8, 4) is 5.75 Å². The first-order valence-corrected chi connectivity index (χ1v) is 11.4. The van der Waals surface area contributed by atoms with Gasteiger partial charge in [-0.05, 0) is 42.5 Å². The summed E-state index contributed by atoms with van der Waals surface area (Å²) in [6.07, 6.45) is 1.24. The third-order valence-electron chi connectivity index (χ3n) is 5.64. The Morgan fingerprint density at radius 3 is 2.59 bits per heavy atom. The molecule has 0 saturated carbocycles. The highest BCUT2D eigenvalue weighted by Crippen LogP contribution is 2.34. The van der Waals surface area contributed by atoms with Crippen molar-refractivity contribution in [2.24, 2.45) is 11.8 Å². The van der Waals surface area contributed by atoms with Crippen LogP contribution in [0, 0.1) is 11.8 Å². The average Bonchev–Trinajstić information content (AvgIpc) is 3.30. The molecule has 3 heterocycles. The van der Waals surface area contributed by atoms with Crippen LogP contribution in [0.3, 0.4) is 0 Å². The molecule has 0 spiro atoms. The molecule has 156 valence electrons. The first-order chi connectivity index (χ1) is 13.9. The predicted octanol–water partition coefficient (Wildman–Crippen LogP) is 1.38. The molecule has 1 amide bonds. The molecule has 0 unspecified atom stereocenters. The molecule has 1 saturated heterocycles. The minimum absolute atomic E-state index is 0.165. The summed E-state index contributed by atoms with van der Waals surface area (Å²) in [6.45, 7) is 3.43. The van der Waals surface area contributed by atoms with Crippen LogP contribution in [0.4, 0.5) is 5.69 Å². The maximum Gasteiger partial charge on any atom is 0.293 e. The minimum Gasteiger partial charge on any atom is -0.497 e. The number of hydrogen-bond donors (Lipinski definition) is 1. The van der Waals surface area contributed by atoms with Gasteiger partial charge in [0.1, 0.15) is 11.6 Å². The third kappa shape index (κ3) is 3.86. The number of sulfonamides is 1. The fraction of sp³-hybridized carbons (Fsp3) is 0.526. The number of amides is 1. The van der Waals surface area contributed by atoms with Crippen molar-refractivity contribution in [3.05, 3.63) is 35.9 Å². The second-order valence-electron chi connectivity index (χ2n) is 7.59. The lowest BCUT2D eigenvalue weighted by Crippen LogP contribution is -2.31. The zero-order valence-electron chi connectivity index (χ0n) is 16.5. The maximum absolute atomic E-state index is 12.7. The minimum atomic E-state index is -3.21. The highest BCUT2D eigenvalue weighted by molar-refractivity contribution is 7.89. The lowest BCUT2D eigenvalue weighted by atomic mass is 9.89. The number of hydrogen-bond acceptors (Lipinski definition) is 6. The van der Waals surface area contributed by atoms with Crippen LogP contribution in [-0.2, 0) is 23.0 Å². The van der Waals surface area contributed by atoms with E-state index >= 15 is 0 Å². The summed E-state index contributed by atoms with van der Waals surface area (Å²) in [4.78, 5) is 12.7. The van der Waals surface area contributed by atoms with Crippen molar-refractivity contribution < 1.29 is 17.9 Å². The van der Waals surface area contributed by atoms with Gasteiger partial charge >= 0.3 is 0 Å². The number of ether oxygens (including phenoxy) is 1. The molecular weight excluding hydrogens is 394 g/mol. The summed E-state index contributed by atoms with van der Waals surface area (Å²) in [6, 6.07) is 7.05. The highest BCUT2D eigenvalue weighted by atomic mass is 32.2. The summed E-state index contributed by atoms with van der Waals surface area (Å²) in [5.41, 5.74) is 0.638. The lowest BCUT2D eigenvalue weighted by molar-refractivity contribution is 0.100. The van der Waals surface area contributed by atoms with Crippen LogP contribution in [0.5, 0.6) is 5.75 Å². The lowest BCUT2D eigenvalue weighted by Gasteiger charge is -2.25. The zero-order valence-corrected chi connectivity index (χ0v) is 17.4. The molecule has 2 aliphatic heterocycles. The first kappa shape index (κ1) is 19.8. The van der Waals surface area contributed by atoms with Crippen molar-refractivity contribution in [2.75, 3.05) is 31.3 Å². The molecule has 2 aliphatic rings. The van der Waals surface area contributed by atoms with Crippen LogP contribution < -0.4 is 10.1 Å². The first-order valence-electron chi connectivity index (χ1n) is 9.76. The van der Waals surface area contributed by atoms with Crippen molar-refractivity contribution in [1.82, 2.24) is 19.1 Å². The molecule has 2 atom stereocenters. The number of aromatic nitrogens is 3. The predicted molar refractivity (Wildman–Crippen MR) is 107 cm³/mol. The van der Waals surface area contributed by atoms with Crippen LogP contribution in [-0.4, -0.2) is 59.3 Å². The number of nitrogens with zero attached hydrogens (tertiary/aromatic N) is 4. The Hall–Kier alpha value is -2.46. The summed E-state index contributed by atoms with van der Waals surface area (Å²) >= 11 is 0. The Morgan fingerprint density at radius 1 is 1.17 bits per heavy atom. The van der Waals surface area contributed by atoms with Crippen molar-refractivity contribution in [3.63, 3.8) is 0 Å². The van der Waals surface area contributed by atoms with Gasteiger partial charge in [-0.15, -0.1) is 10.2 Å². The van der Waals surface area contributed by atoms with Gasteiger partial charge in [0.2, 0.25) is 15.8 Å². The van der Waals surface area contributed by atoms with E-state index in [-0.39, 0.29) is 29.3 Å². The number of nitrogens with one attached hydrogen (secondary N) is 1. The summed E-state index contributed by atoms with van der Waals surface area (Å²) in [7, 11) is -1.63. The van der Waals surface area contributed by atoms with E-state index in [9.17, 15) is 13.2 Å². The van der Waals surface area contributed by atoms with Crippen LogP contribution in [0.1, 0.15) is 29.8 Å². The molecule has 4 rings (SSSR count). The quantitative estimate of drug-likeness (QED) is 0.758. The van der Waals surface area contributed by atoms with E-state index in [1.54, 1.807) is 35.7 Å². The van der Waals surface area contributed by atoms with Crippen LogP contribution in [0.2, 0.25) is 0 Å². The number of methoxy groups -OCH3 is 1. The Labute approximate surface area is 170 Å². The smallest absolute Gasteiger partial charge is 0.293 e. The Bertz CT molecular complexity index is 1000. The topological polar surface area (TPSA) is 106 Å². The second-order valence-corrected chi connectivity index (χ2v) is 9.68. The van der Waals surface area contributed by atoms with Gasteiger partial charge in [-0.1, -0.05) is 6.92 Å². The molecule has 10 heteroatoms. The Morgan fingerprint density at radius 2 is 1.90 bits per heavy atom. The average molecular weight is 420 g/mol. The SMILES string of the molecule is CCCS(=O)(=O)N1C[C@@H]2Cn3c(nnc3C(=O)Nc3ccc(OC)cc3)C[C@H]2C1. The molecular formula is C19H25N5O4S. The van der Waals surface area contributed by atoms with E-state index in [0.29, 0.717) is 43.9 Å². The van der Waals surface area contributed by atoms with E-state index in [0.717, 1.165) is 5.82 Å². The fourth-order valence-corrected chi connectivity index (χ4v) is 5.74. The number of rotatable bonds is 6. The Kier molecular flexibility index (Phi) is 5.30. The van der Waals surface area contributed by atoms with Crippen LogP contribution in [0.25, 0.3) is 0 Å². The number of anilines is 1. The molecule has 2 aromatic rings. The van der Waals surface area contributed by atoms with Gasteiger partial charge in [0.25, 0.3) is 5.91 Å². The van der Waals surface area contributed by atoms with Crippen molar-refractivity contribution >= 4 is 21.6 Å². The van der Waals surface area contributed by atoms with Crippen molar-refractivity contribution in [1.29, 1.82) is 0 Å². The summed E-state index contributed by atoms with van der Waals surface area (Å²) < 4.78 is 33.4. The molecule has 0 bridgehead atoms. The zero-order chi connectivity index (χ0) is 20.6. The van der Waals surface area contributed by atoms with Gasteiger partial charge in [0, 0.05) is 31.7 Å². The molecule has 1 aromatic carbocycles. The number of carbonyl (C=O) groups is 1.